The van der Waals surface area contributed by atoms with E-state index in [4.69, 9.17) is 9.72 Å². The molecular weight excluding hydrogens is 392 g/mol. The molecule has 0 spiro atoms. The summed E-state index contributed by atoms with van der Waals surface area (Å²) in [7, 11) is 1.56. The van der Waals surface area contributed by atoms with Crippen molar-refractivity contribution in [1.82, 2.24) is 20.3 Å². The first kappa shape index (κ1) is 22.0. The summed E-state index contributed by atoms with van der Waals surface area (Å²) >= 11 is 0. The Bertz CT molecular complexity index is 1040. The van der Waals surface area contributed by atoms with E-state index in [9.17, 15) is 4.79 Å². The molecule has 1 unspecified atom stereocenters. The Morgan fingerprint density at radius 2 is 1.97 bits per heavy atom. The lowest BCUT2D eigenvalue weighted by molar-refractivity contribution is 0.252. The second-order valence-electron chi connectivity index (χ2n) is 7.03. The number of carbonyl (C=O) groups is 1. The van der Waals surface area contributed by atoms with Gasteiger partial charge in [-0.1, -0.05) is 13.0 Å². The van der Waals surface area contributed by atoms with Gasteiger partial charge < -0.3 is 20.7 Å². The summed E-state index contributed by atoms with van der Waals surface area (Å²) in [6.45, 7) is 6.59. The molecule has 3 aromatic rings. The Morgan fingerprint density at radius 1 is 1.13 bits per heavy atom. The van der Waals surface area contributed by atoms with E-state index in [1.807, 2.05) is 31.3 Å². The van der Waals surface area contributed by atoms with Crippen LogP contribution in [0.2, 0.25) is 0 Å². The van der Waals surface area contributed by atoms with Crippen LogP contribution in [0.25, 0.3) is 11.3 Å². The number of benzene rings is 1. The molecule has 0 aliphatic carbocycles. The van der Waals surface area contributed by atoms with E-state index in [1.54, 1.807) is 31.8 Å². The van der Waals surface area contributed by atoms with Crippen LogP contribution >= 0.6 is 0 Å². The molecule has 2 heterocycles. The highest BCUT2D eigenvalue weighted by Crippen LogP contribution is 2.31. The highest BCUT2D eigenvalue weighted by molar-refractivity contribution is 5.91. The second-order valence-corrected chi connectivity index (χ2v) is 7.03. The van der Waals surface area contributed by atoms with Crippen molar-refractivity contribution in [3.63, 3.8) is 0 Å². The van der Waals surface area contributed by atoms with Crippen LogP contribution in [0.3, 0.4) is 0 Å². The number of urea groups is 1. The van der Waals surface area contributed by atoms with Crippen LogP contribution in [-0.2, 0) is 0 Å². The van der Waals surface area contributed by atoms with Crippen molar-refractivity contribution < 1.29 is 9.53 Å². The van der Waals surface area contributed by atoms with E-state index in [-0.39, 0.29) is 12.1 Å². The number of hydrogen-bond donors (Lipinski definition) is 3. The lowest BCUT2D eigenvalue weighted by Crippen LogP contribution is -2.28. The smallest absolute Gasteiger partial charge is 0.319 e. The molecule has 8 heteroatoms. The maximum Gasteiger partial charge on any atom is 0.319 e. The van der Waals surface area contributed by atoms with E-state index < -0.39 is 0 Å². The van der Waals surface area contributed by atoms with Crippen LogP contribution in [-0.4, -0.2) is 34.6 Å². The van der Waals surface area contributed by atoms with Crippen LogP contribution in [0.1, 0.15) is 37.4 Å². The zero-order chi connectivity index (χ0) is 22.2. The molecule has 31 heavy (non-hydrogen) atoms. The molecule has 2 amide bonds. The fraction of sp³-hybridized carbons (Fsp3) is 0.304. The van der Waals surface area contributed by atoms with E-state index in [2.05, 4.69) is 39.8 Å². The van der Waals surface area contributed by atoms with E-state index >= 15 is 0 Å². The minimum atomic E-state index is -0.282. The van der Waals surface area contributed by atoms with Gasteiger partial charge in [-0.2, -0.15) is 0 Å². The number of hydrogen-bond acceptors (Lipinski definition) is 6. The van der Waals surface area contributed by atoms with Gasteiger partial charge in [0.2, 0.25) is 0 Å². The number of aryl methyl sites for hydroxylation is 1. The zero-order valence-corrected chi connectivity index (χ0v) is 18.3. The van der Waals surface area contributed by atoms with Gasteiger partial charge in [0.1, 0.15) is 11.6 Å². The summed E-state index contributed by atoms with van der Waals surface area (Å²) in [5.74, 6) is 1.22. The Labute approximate surface area is 182 Å². The number of nitrogens with one attached hydrogen (secondary N) is 3. The first-order valence-electron chi connectivity index (χ1n) is 10.3. The van der Waals surface area contributed by atoms with Gasteiger partial charge in [0.25, 0.3) is 0 Å². The highest BCUT2D eigenvalue weighted by Gasteiger charge is 2.14. The number of amides is 2. The predicted molar refractivity (Wildman–Crippen MR) is 122 cm³/mol. The quantitative estimate of drug-likeness (QED) is 0.494. The SMILES string of the molecule is CCNC(=O)Nc1ccc(-c2cncc(NC(CC)c3cnccc3C)n2)cc1OC. The molecule has 0 saturated carbocycles. The average Bonchev–Trinajstić information content (AvgIpc) is 2.78. The predicted octanol–water partition coefficient (Wildman–Crippen LogP) is 4.56. The number of ether oxygens (including phenoxy) is 1. The number of rotatable bonds is 8. The van der Waals surface area contributed by atoms with Crippen LogP contribution < -0.4 is 20.7 Å². The second kappa shape index (κ2) is 10.4. The van der Waals surface area contributed by atoms with Crippen LogP contribution in [0.15, 0.2) is 49.1 Å². The number of anilines is 2. The molecule has 0 bridgehead atoms. The first-order chi connectivity index (χ1) is 15.0. The number of aromatic nitrogens is 3. The third kappa shape index (κ3) is 5.48. The fourth-order valence-electron chi connectivity index (χ4n) is 3.27. The molecule has 3 N–H and O–H groups in total. The molecule has 0 saturated heterocycles. The highest BCUT2D eigenvalue weighted by atomic mass is 16.5. The van der Waals surface area contributed by atoms with Crippen molar-refractivity contribution in [3.05, 3.63) is 60.2 Å². The van der Waals surface area contributed by atoms with E-state index in [0.29, 0.717) is 29.5 Å². The Hall–Kier alpha value is -3.68. The van der Waals surface area contributed by atoms with Gasteiger partial charge in [0.15, 0.2) is 0 Å². The average molecular weight is 421 g/mol. The minimum absolute atomic E-state index is 0.0800. The number of methoxy groups -OCH3 is 1. The van der Waals surface area contributed by atoms with Crippen LogP contribution in [0.5, 0.6) is 5.75 Å². The lowest BCUT2D eigenvalue weighted by atomic mass is 10.0. The molecule has 3 rings (SSSR count). The molecule has 1 aromatic carbocycles. The van der Waals surface area contributed by atoms with Gasteiger partial charge in [0.05, 0.1) is 36.9 Å². The lowest BCUT2D eigenvalue weighted by Gasteiger charge is -2.19. The van der Waals surface area contributed by atoms with Gasteiger partial charge in [0, 0.05) is 24.5 Å². The van der Waals surface area contributed by atoms with Crippen molar-refractivity contribution >= 4 is 17.5 Å². The Morgan fingerprint density at radius 3 is 2.68 bits per heavy atom. The monoisotopic (exact) mass is 420 g/mol. The molecule has 8 nitrogen and oxygen atoms in total. The Balaban J connectivity index is 1.84. The van der Waals surface area contributed by atoms with Gasteiger partial charge in [-0.25, -0.2) is 9.78 Å². The Kier molecular flexibility index (Phi) is 7.37. The standard InChI is InChI=1S/C23H28N6O2/c1-5-18(17-12-24-10-9-15(17)3)27-22-14-25-13-20(28-22)16-7-8-19(21(11-16)31-4)29-23(30)26-6-2/h7-14,18H,5-6H2,1-4H3,(H,27,28)(H2,26,29,30). The van der Waals surface area contributed by atoms with E-state index in [0.717, 1.165) is 17.5 Å². The van der Waals surface area contributed by atoms with Gasteiger partial charge in [-0.15, -0.1) is 0 Å². The maximum atomic E-state index is 11.8. The molecule has 2 aromatic heterocycles. The topological polar surface area (TPSA) is 101 Å². The zero-order valence-electron chi connectivity index (χ0n) is 18.3. The molecule has 162 valence electrons. The number of carbonyl (C=O) groups excluding carboxylic acids is 1. The van der Waals surface area contributed by atoms with Gasteiger partial charge in [-0.05, 0) is 49.6 Å². The summed E-state index contributed by atoms with van der Waals surface area (Å²) < 4.78 is 5.46. The number of nitrogens with zero attached hydrogens (tertiary/aromatic N) is 3. The summed E-state index contributed by atoms with van der Waals surface area (Å²) in [6.07, 6.45) is 7.97. The van der Waals surface area contributed by atoms with Crippen LogP contribution in [0, 0.1) is 6.92 Å². The normalized spacial score (nSPS) is 11.5. The van der Waals surface area contributed by atoms with Crippen molar-refractivity contribution in [1.29, 1.82) is 0 Å². The molecular formula is C23H28N6O2. The molecule has 1 atom stereocenters. The van der Waals surface area contributed by atoms with Gasteiger partial charge >= 0.3 is 6.03 Å². The summed E-state index contributed by atoms with van der Waals surface area (Å²) in [4.78, 5) is 25.2. The summed E-state index contributed by atoms with van der Waals surface area (Å²) in [5.41, 5.74) is 4.43. The van der Waals surface area contributed by atoms with Crippen molar-refractivity contribution in [2.75, 3.05) is 24.3 Å². The van der Waals surface area contributed by atoms with Crippen molar-refractivity contribution in [2.45, 2.75) is 33.2 Å². The minimum Gasteiger partial charge on any atom is -0.495 e. The largest absolute Gasteiger partial charge is 0.495 e. The fourth-order valence-corrected chi connectivity index (χ4v) is 3.27. The maximum absolute atomic E-state index is 11.8. The summed E-state index contributed by atoms with van der Waals surface area (Å²) in [6, 6.07) is 7.30. The molecule has 0 aliphatic heterocycles. The first-order valence-corrected chi connectivity index (χ1v) is 10.3. The van der Waals surface area contributed by atoms with Crippen LogP contribution in [0.4, 0.5) is 16.3 Å². The third-order valence-electron chi connectivity index (χ3n) is 4.90. The van der Waals surface area contributed by atoms with Crippen molar-refractivity contribution in [2.24, 2.45) is 0 Å². The van der Waals surface area contributed by atoms with E-state index in [1.165, 1.54) is 5.56 Å². The third-order valence-corrected chi connectivity index (χ3v) is 4.90. The van der Waals surface area contributed by atoms with Gasteiger partial charge in [-0.3, -0.25) is 9.97 Å². The summed E-state index contributed by atoms with van der Waals surface area (Å²) in [5, 5.41) is 8.95. The van der Waals surface area contributed by atoms with Crippen molar-refractivity contribution in [3.8, 4) is 17.0 Å². The molecule has 0 aliphatic rings. The molecule has 0 radical (unpaired) electrons. The molecule has 0 fully saturated rings. The number of pyridine rings is 1.